The lowest BCUT2D eigenvalue weighted by molar-refractivity contribution is 0.145. The molecule has 2 rings (SSSR count). The number of halogens is 1. The molecule has 1 heterocycles. The number of hydrogen-bond acceptors (Lipinski definition) is 5. The number of amides is 2. The van der Waals surface area contributed by atoms with Gasteiger partial charge in [0.2, 0.25) is 15.0 Å². The molecular formula is C21H31ClN4O4S. The van der Waals surface area contributed by atoms with Gasteiger partial charge in [0.1, 0.15) is 0 Å². The van der Waals surface area contributed by atoms with Crippen molar-refractivity contribution in [3.05, 3.63) is 46.7 Å². The molecule has 172 valence electrons. The van der Waals surface area contributed by atoms with E-state index in [-0.39, 0.29) is 29.4 Å². The van der Waals surface area contributed by atoms with E-state index in [2.05, 4.69) is 10.3 Å². The molecule has 0 unspecified atom stereocenters. The van der Waals surface area contributed by atoms with Gasteiger partial charge in [-0.2, -0.15) is 0 Å². The predicted octanol–water partition coefficient (Wildman–Crippen LogP) is 3.34. The molecule has 0 spiro atoms. The van der Waals surface area contributed by atoms with E-state index < -0.39 is 9.84 Å². The van der Waals surface area contributed by atoms with Crippen molar-refractivity contribution < 1.29 is 17.9 Å². The normalized spacial score (nSPS) is 11.7. The quantitative estimate of drug-likeness (QED) is 0.543. The van der Waals surface area contributed by atoms with Gasteiger partial charge in [0.15, 0.2) is 0 Å². The van der Waals surface area contributed by atoms with E-state index in [0.29, 0.717) is 42.5 Å². The molecule has 10 heteroatoms. The average Bonchev–Trinajstić information content (AvgIpc) is 3.07. The number of urea groups is 1. The Balaban J connectivity index is 2.38. The Bertz CT molecular complexity index is 976. The molecule has 0 atom stereocenters. The summed E-state index contributed by atoms with van der Waals surface area (Å²) in [7, 11) is -2.15. The lowest BCUT2D eigenvalue weighted by atomic mass is 10.2. The number of nitrogens with one attached hydrogen (secondary N) is 1. The van der Waals surface area contributed by atoms with E-state index in [4.69, 9.17) is 16.3 Å². The van der Waals surface area contributed by atoms with E-state index >= 15 is 0 Å². The first-order valence-corrected chi connectivity index (χ1v) is 12.2. The molecule has 2 amide bonds. The van der Waals surface area contributed by atoms with Crippen molar-refractivity contribution in [2.45, 2.75) is 44.8 Å². The summed E-state index contributed by atoms with van der Waals surface area (Å²) in [6, 6.07) is 6.55. The molecule has 0 aliphatic heterocycles. The first kappa shape index (κ1) is 25.2. The van der Waals surface area contributed by atoms with Crippen molar-refractivity contribution in [3.8, 4) is 0 Å². The lowest BCUT2D eigenvalue weighted by Crippen LogP contribution is -2.41. The zero-order chi connectivity index (χ0) is 23.0. The van der Waals surface area contributed by atoms with Gasteiger partial charge in [0.05, 0.1) is 30.8 Å². The van der Waals surface area contributed by atoms with Crippen molar-refractivity contribution in [2.75, 3.05) is 26.8 Å². The van der Waals surface area contributed by atoms with Crippen LogP contribution in [0.2, 0.25) is 5.02 Å². The highest BCUT2D eigenvalue weighted by molar-refractivity contribution is 7.90. The highest BCUT2D eigenvalue weighted by atomic mass is 35.5. The third-order valence-electron chi connectivity index (χ3n) is 4.51. The number of carbonyl (C=O) groups is 1. The van der Waals surface area contributed by atoms with Gasteiger partial charge in [-0.3, -0.25) is 0 Å². The van der Waals surface area contributed by atoms with E-state index in [0.717, 1.165) is 0 Å². The highest BCUT2D eigenvalue weighted by Crippen LogP contribution is 2.21. The van der Waals surface area contributed by atoms with Gasteiger partial charge in [-0.1, -0.05) is 37.6 Å². The van der Waals surface area contributed by atoms with Gasteiger partial charge in [-0.25, -0.2) is 18.2 Å². The summed E-state index contributed by atoms with van der Waals surface area (Å²) >= 11 is 6.01. The molecule has 0 fully saturated rings. The number of ether oxygens (including phenoxy) is 1. The molecule has 0 bridgehead atoms. The van der Waals surface area contributed by atoms with Crippen LogP contribution in [0.15, 0.2) is 35.6 Å². The van der Waals surface area contributed by atoms with E-state index in [1.54, 1.807) is 40.8 Å². The van der Waals surface area contributed by atoms with Crippen LogP contribution in [0, 0.1) is 5.92 Å². The zero-order valence-corrected chi connectivity index (χ0v) is 20.0. The number of hydrogen-bond donors (Lipinski definition) is 1. The Morgan fingerprint density at radius 2 is 2.10 bits per heavy atom. The largest absolute Gasteiger partial charge is 0.383 e. The summed E-state index contributed by atoms with van der Waals surface area (Å²) in [5.41, 5.74) is 1.25. The van der Waals surface area contributed by atoms with Crippen molar-refractivity contribution in [1.82, 2.24) is 19.8 Å². The molecule has 1 N–H and O–H groups in total. The molecule has 8 nitrogen and oxygen atoms in total. The number of methoxy groups -OCH3 is 1. The standard InChI is InChI=1S/C21H31ClN4O4S/c1-5-23-20(27)25(9-10-30-4)14-19-12-24-21(26(19)13-16(2)3)31(28,29)15-17-7-6-8-18(22)11-17/h6-8,11-12,16H,5,9-10,13-15H2,1-4H3,(H,23,27). The van der Waals surface area contributed by atoms with Crippen LogP contribution in [0.4, 0.5) is 4.79 Å². The molecule has 0 aliphatic carbocycles. The maximum Gasteiger partial charge on any atom is 0.317 e. The summed E-state index contributed by atoms with van der Waals surface area (Å²) in [5.74, 6) is -0.0174. The first-order chi connectivity index (χ1) is 14.7. The smallest absolute Gasteiger partial charge is 0.317 e. The minimum absolute atomic E-state index is 0.00114. The van der Waals surface area contributed by atoms with Crippen LogP contribution in [0.25, 0.3) is 0 Å². The fourth-order valence-electron chi connectivity index (χ4n) is 3.15. The van der Waals surface area contributed by atoms with E-state index in [9.17, 15) is 13.2 Å². The van der Waals surface area contributed by atoms with Crippen LogP contribution in [-0.4, -0.2) is 55.7 Å². The SMILES string of the molecule is CCNC(=O)N(CCOC)Cc1cnc(S(=O)(=O)Cc2cccc(Cl)c2)n1CC(C)C. The highest BCUT2D eigenvalue weighted by Gasteiger charge is 2.26. The molecule has 31 heavy (non-hydrogen) atoms. The number of benzene rings is 1. The van der Waals surface area contributed by atoms with Gasteiger partial charge >= 0.3 is 6.03 Å². The average molecular weight is 471 g/mol. The number of carbonyl (C=O) groups excluding carboxylic acids is 1. The fraction of sp³-hybridized carbons (Fsp3) is 0.524. The van der Waals surface area contributed by atoms with Gasteiger partial charge < -0.3 is 19.5 Å². The van der Waals surface area contributed by atoms with Crippen LogP contribution in [0.5, 0.6) is 0 Å². The minimum Gasteiger partial charge on any atom is -0.383 e. The summed E-state index contributed by atoms with van der Waals surface area (Å²) < 4.78 is 33.2. The predicted molar refractivity (Wildman–Crippen MR) is 121 cm³/mol. The summed E-state index contributed by atoms with van der Waals surface area (Å²) in [6.07, 6.45) is 1.53. The van der Waals surface area contributed by atoms with Crippen LogP contribution in [0.1, 0.15) is 32.0 Å². The molecule has 0 saturated carbocycles. The molecule has 1 aromatic heterocycles. The summed E-state index contributed by atoms with van der Waals surface area (Å²) in [6.45, 7) is 7.78. The number of sulfone groups is 1. The van der Waals surface area contributed by atoms with Crippen LogP contribution in [-0.2, 0) is 33.4 Å². The molecule has 1 aromatic carbocycles. The second-order valence-corrected chi connectivity index (χ2v) is 10.00. The maximum absolute atomic E-state index is 13.2. The van der Waals surface area contributed by atoms with Gasteiger partial charge in [0, 0.05) is 31.8 Å². The molecular weight excluding hydrogens is 440 g/mol. The van der Waals surface area contributed by atoms with Gasteiger partial charge in [0.25, 0.3) is 0 Å². The number of aromatic nitrogens is 2. The topological polar surface area (TPSA) is 93.5 Å². The third kappa shape index (κ3) is 7.22. The molecule has 0 radical (unpaired) electrons. The minimum atomic E-state index is -3.72. The second kappa shape index (κ2) is 11.5. The van der Waals surface area contributed by atoms with Crippen LogP contribution < -0.4 is 5.32 Å². The third-order valence-corrected chi connectivity index (χ3v) is 6.34. The zero-order valence-electron chi connectivity index (χ0n) is 18.5. The van der Waals surface area contributed by atoms with Gasteiger partial charge in [-0.05, 0) is 30.5 Å². The van der Waals surface area contributed by atoms with Crippen molar-refractivity contribution >= 4 is 27.5 Å². The Hall–Kier alpha value is -2.10. The number of imidazole rings is 1. The van der Waals surface area contributed by atoms with Crippen molar-refractivity contribution in [1.29, 1.82) is 0 Å². The van der Waals surface area contributed by atoms with Gasteiger partial charge in [-0.15, -0.1) is 0 Å². The Kier molecular flexibility index (Phi) is 9.33. The number of rotatable bonds is 11. The van der Waals surface area contributed by atoms with E-state index in [1.165, 1.54) is 6.20 Å². The molecule has 0 aliphatic rings. The molecule has 0 saturated heterocycles. The van der Waals surface area contributed by atoms with Crippen molar-refractivity contribution in [2.24, 2.45) is 5.92 Å². The lowest BCUT2D eigenvalue weighted by Gasteiger charge is -2.24. The Morgan fingerprint density at radius 1 is 1.35 bits per heavy atom. The monoisotopic (exact) mass is 470 g/mol. The fourth-order valence-corrected chi connectivity index (χ4v) is 4.85. The number of nitrogens with zero attached hydrogens (tertiary/aromatic N) is 3. The van der Waals surface area contributed by atoms with Crippen LogP contribution in [0.3, 0.4) is 0 Å². The van der Waals surface area contributed by atoms with Crippen LogP contribution >= 0.6 is 11.6 Å². The Labute approximate surface area is 189 Å². The summed E-state index contributed by atoms with van der Waals surface area (Å²) in [5, 5.41) is 3.26. The van der Waals surface area contributed by atoms with E-state index in [1.807, 2.05) is 20.8 Å². The first-order valence-electron chi connectivity index (χ1n) is 10.2. The Morgan fingerprint density at radius 3 is 2.71 bits per heavy atom. The molecule has 2 aromatic rings. The maximum atomic E-state index is 13.2. The van der Waals surface area contributed by atoms with Crippen molar-refractivity contribution in [3.63, 3.8) is 0 Å². The summed E-state index contributed by atoms with van der Waals surface area (Å²) in [4.78, 5) is 18.3. The second-order valence-electron chi connectivity index (χ2n) is 7.68.